The molecule has 1 fully saturated rings. The number of carbonyl (C=O) groups is 3. The summed E-state index contributed by atoms with van der Waals surface area (Å²) in [6, 6.07) is 11.6. The summed E-state index contributed by atoms with van der Waals surface area (Å²) in [7, 11) is 0. The maximum absolute atomic E-state index is 12.7. The van der Waals surface area contributed by atoms with Crippen LogP contribution in [-0.4, -0.2) is 36.5 Å². The average molecular weight is 427 g/mol. The molecule has 31 heavy (non-hydrogen) atoms. The van der Waals surface area contributed by atoms with Crippen molar-refractivity contribution in [3.8, 4) is 0 Å². The summed E-state index contributed by atoms with van der Waals surface area (Å²) < 4.78 is 10.4. The lowest BCUT2D eigenvalue weighted by Crippen LogP contribution is -2.47. The van der Waals surface area contributed by atoms with Crippen LogP contribution in [0, 0.1) is 11.8 Å². The van der Waals surface area contributed by atoms with Crippen LogP contribution < -0.4 is 10.6 Å². The minimum Gasteiger partial charge on any atom is -0.459 e. The van der Waals surface area contributed by atoms with E-state index in [1.807, 2.05) is 30.3 Å². The van der Waals surface area contributed by atoms with Gasteiger partial charge in [-0.25, -0.2) is 4.79 Å². The molecule has 0 aliphatic heterocycles. The lowest BCUT2D eigenvalue weighted by molar-refractivity contribution is -0.150. The van der Waals surface area contributed by atoms with Gasteiger partial charge in [0.15, 0.2) is 12.4 Å². The molecule has 0 bridgehead atoms. The lowest BCUT2D eigenvalue weighted by atomic mass is 9.78. The van der Waals surface area contributed by atoms with Crippen LogP contribution in [0.3, 0.4) is 0 Å². The fourth-order valence-electron chi connectivity index (χ4n) is 3.95. The Hall–Kier alpha value is -3.09. The van der Waals surface area contributed by atoms with E-state index in [1.165, 1.54) is 18.8 Å². The zero-order chi connectivity index (χ0) is 22.2. The van der Waals surface area contributed by atoms with Gasteiger partial charge in [0, 0.05) is 12.5 Å². The lowest BCUT2D eigenvalue weighted by Gasteiger charge is -2.34. The molecular weight excluding hydrogens is 396 g/mol. The van der Waals surface area contributed by atoms with Crippen LogP contribution in [-0.2, 0) is 20.7 Å². The van der Waals surface area contributed by atoms with Crippen LogP contribution in [0.2, 0.25) is 0 Å². The van der Waals surface area contributed by atoms with Crippen molar-refractivity contribution in [2.45, 2.75) is 51.6 Å². The smallest absolute Gasteiger partial charge is 0.329 e. The number of nitrogens with one attached hydrogen (secondary N) is 2. The third-order valence-electron chi connectivity index (χ3n) is 6.02. The average Bonchev–Trinajstić information content (AvgIpc) is 3.31. The van der Waals surface area contributed by atoms with Gasteiger partial charge in [-0.1, -0.05) is 57.0 Å². The van der Waals surface area contributed by atoms with Crippen LogP contribution in [0.1, 0.15) is 49.2 Å². The molecule has 0 spiro atoms. The van der Waals surface area contributed by atoms with Gasteiger partial charge >= 0.3 is 5.97 Å². The number of benzene rings is 1. The molecule has 7 heteroatoms. The van der Waals surface area contributed by atoms with Crippen molar-refractivity contribution >= 4 is 17.8 Å². The molecule has 1 saturated carbocycles. The van der Waals surface area contributed by atoms with Crippen LogP contribution in [0.5, 0.6) is 0 Å². The van der Waals surface area contributed by atoms with Crippen LogP contribution in [0.4, 0.5) is 0 Å². The second kappa shape index (κ2) is 10.8. The van der Waals surface area contributed by atoms with Gasteiger partial charge in [0.2, 0.25) is 0 Å². The van der Waals surface area contributed by atoms with Crippen molar-refractivity contribution in [2.24, 2.45) is 11.8 Å². The fraction of sp³-hybridized carbons (Fsp3) is 0.458. The number of ether oxygens (including phenoxy) is 1. The van der Waals surface area contributed by atoms with Gasteiger partial charge in [-0.2, -0.15) is 0 Å². The summed E-state index contributed by atoms with van der Waals surface area (Å²) in [6.07, 6.45) is 4.80. The molecule has 2 amide bonds. The third-order valence-corrected chi connectivity index (χ3v) is 6.02. The molecule has 166 valence electrons. The molecule has 7 nitrogen and oxygen atoms in total. The Bertz CT molecular complexity index is 865. The number of carbonyl (C=O) groups excluding carboxylic acids is 3. The van der Waals surface area contributed by atoms with Gasteiger partial charge in [-0.05, 0) is 36.0 Å². The second-order valence-corrected chi connectivity index (χ2v) is 8.24. The van der Waals surface area contributed by atoms with E-state index in [2.05, 4.69) is 24.5 Å². The SMILES string of the molecule is C[C@@H]1[C@H](C)CCC[C@H]1NC(=O)COC(=O)[C@H](Cc1ccccc1)NC(=O)c1ccco1. The van der Waals surface area contributed by atoms with Gasteiger partial charge in [0.05, 0.1) is 6.26 Å². The molecule has 1 aromatic heterocycles. The summed E-state index contributed by atoms with van der Waals surface area (Å²) in [6.45, 7) is 3.96. The van der Waals surface area contributed by atoms with Gasteiger partial charge in [-0.15, -0.1) is 0 Å². The Morgan fingerprint density at radius 2 is 1.87 bits per heavy atom. The van der Waals surface area contributed by atoms with Gasteiger partial charge in [0.25, 0.3) is 11.8 Å². The highest BCUT2D eigenvalue weighted by Crippen LogP contribution is 2.29. The number of rotatable bonds is 8. The molecule has 2 N–H and O–H groups in total. The molecular formula is C24H30N2O5. The highest BCUT2D eigenvalue weighted by molar-refractivity contribution is 5.94. The summed E-state index contributed by atoms with van der Waals surface area (Å²) in [5, 5.41) is 5.63. The molecule has 4 atom stereocenters. The van der Waals surface area contributed by atoms with E-state index in [4.69, 9.17) is 9.15 Å². The predicted molar refractivity (Wildman–Crippen MR) is 115 cm³/mol. The molecule has 3 rings (SSSR count). The van der Waals surface area contributed by atoms with E-state index in [-0.39, 0.29) is 30.7 Å². The quantitative estimate of drug-likeness (QED) is 0.632. The molecule has 1 aliphatic carbocycles. The number of hydrogen-bond acceptors (Lipinski definition) is 5. The van der Waals surface area contributed by atoms with Crippen LogP contribution >= 0.6 is 0 Å². The first-order valence-electron chi connectivity index (χ1n) is 10.8. The highest BCUT2D eigenvalue weighted by Gasteiger charge is 2.29. The number of esters is 1. The number of furan rings is 1. The maximum Gasteiger partial charge on any atom is 0.329 e. The van der Waals surface area contributed by atoms with Crippen molar-refractivity contribution in [2.75, 3.05) is 6.61 Å². The Morgan fingerprint density at radius 1 is 1.10 bits per heavy atom. The van der Waals surface area contributed by atoms with Crippen molar-refractivity contribution in [3.05, 3.63) is 60.1 Å². The van der Waals surface area contributed by atoms with E-state index in [9.17, 15) is 14.4 Å². The van der Waals surface area contributed by atoms with E-state index in [1.54, 1.807) is 6.07 Å². The van der Waals surface area contributed by atoms with E-state index in [0.29, 0.717) is 11.8 Å². The predicted octanol–water partition coefficient (Wildman–Crippen LogP) is 3.10. The van der Waals surface area contributed by atoms with Gasteiger partial charge in [0.1, 0.15) is 6.04 Å². The van der Waals surface area contributed by atoms with Crippen LogP contribution in [0.25, 0.3) is 0 Å². The number of hydrogen-bond donors (Lipinski definition) is 2. The topological polar surface area (TPSA) is 97.6 Å². The standard InChI is InChI=1S/C24H30N2O5/c1-16-8-6-11-19(17(16)2)25-22(27)15-31-24(29)20(14-18-9-4-3-5-10-18)26-23(28)21-12-7-13-30-21/h3-5,7,9-10,12-13,16-17,19-20H,6,8,11,14-15H2,1-2H3,(H,25,27)(H,26,28)/t16-,17-,19-,20+/m1/s1. The van der Waals surface area contributed by atoms with Crippen LogP contribution in [0.15, 0.2) is 53.1 Å². The third kappa shape index (κ3) is 6.44. The van der Waals surface area contributed by atoms with Gasteiger partial charge < -0.3 is 19.8 Å². The Kier molecular flexibility index (Phi) is 7.87. The molecule has 0 saturated heterocycles. The van der Waals surface area contributed by atoms with Crippen molar-refractivity contribution in [3.63, 3.8) is 0 Å². The summed E-state index contributed by atoms with van der Waals surface area (Å²) >= 11 is 0. The molecule has 2 aromatic rings. The van der Waals surface area contributed by atoms with E-state index >= 15 is 0 Å². The zero-order valence-electron chi connectivity index (χ0n) is 18.0. The molecule has 1 heterocycles. The Labute approximate surface area is 182 Å². The molecule has 1 aromatic carbocycles. The van der Waals surface area contributed by atoms with Crippen molar-refractivity contribution in [1.82, 2.24) is 10.6 Å². The maximum atomic E-state index is 12.7. The minimum atomic E-state index is -0.943. The van der Waals surface area contributed by atoms with Crippen molar-refractivity contribution in [1.29, 1.82) is 0 Å². The normalized spacial score (nSPS) is 21.7. The molecule has 0 radical (unpaired) electrons. The van der Waals surface area contributed by atoms with E-state index in [0.717, 1.165) is 18.4 Å². The Balaban J connectivity index is 1.58. The fourth-order valence-corrected chi connectivity index (χ4v) is 3.95. The van der Waals surface area contributed by atoms with Crippen molar-refractivity contribution < 1.29 is 23.5 Å². The first-order valence-corrected chi connectivity index (χ1v) is 10.8. The van der Waals surface area contributed by atoms with E-state index < -0.39 is 17.9 Å². The zero-order valence-corrected chi connectivity index (χ0v) is 18.0. The first-order chi connectivity index (χ1) is 14.9. The largest absolute Gasteiger partial charge is 0.459 e. The minimum absolute atomic E-state index is 0.0914. The first kappa shape index (κ1) is 22.6. The highest BCUT2D eigenvalue weighted by atomic mass is 16.5. The summed E-state index contributed by atoms with van der Waals surface area (Å²) in [4.78, 5) is 37.5. The second-order valence-electron chi connectivity index (χ2n) is 8.24. The number of amides is 2. The monoisotopic (exact) mass is 426 g/mol. The molecule has 0 unspecified atom stereocenters. The summed E-state index contributed by atoms with van der Waals surface area (Å²) in [5.74, 6) is -0.471. The Morgan fingerprint density at radius 3 is 2.58 bits per heavy atom. The summed E-state index contributed by atoms with van der Waals surface area (Å²) in [5.41, 5.74) is 0.860. The molecule has 1 aliphatic rings. The van der Waals surface area contributed by atoms with Gasteiger partial charge in [-0.3, -0.25) is 9.59 Å².